The number of halogens is 1. The minimum Gasteiger partial charge on any atom is -0.386 e. The van der Waals surface area contributed by atoms with Crippen LogP contribution in [0.2, 0.25) is 5.02 Å². The van der Waals surface area contributed by atoms with Gasteiger partial charge in [0.25, 0.3) is 0 Å². The Labute approximate surface area is 201 Å². The number of benzene rings is 3. The van der Waals surface area contributed by atoms with Gasteiger partial charge in [-0.15, -0.1) is 0 Å². The topological polar surface area (TPSA) is 33.1 Å². The Hall–Kier alpha value is -2.94. The average molecular weight is 456 g/mol. The van der Waals surface area contributed by atoms with Gasteiger partial charge in [-0.2, -0.15) is 0 Å². The third-order valence-electron chi connectivity index (χ3n) is 6.13. The lowest BCUT2D eigenvalue weighted by Gasteiger charge is -2.22. The van der Waals surface area contributed by atoms with Gasteiger partial charge in [-0.05, 0) is 79.1 Å². The standard InChI is InChI=1S/C30H30ClNO/c1-21(11-13-23-8-4-5-10-28(23)30(2,3)33)25-9-6-7-22(19-25)12-17-27-18-15-24-14-16-26(31)20-29(24)32-27/h4-10,12,14-21,33H,11,13H2,1-3H3/b17-12+/t21-/m1/s1. The molecule has 3 aromatic carbocycles. The van der Waals surface area contributed by atoms with Crippen LogP contribution < -0.4 is 0 Å². The first kappa shape index (κ1) is 23.2. The Bertz CT molecular complexity index is 1290. The van der Waals surface area contributed by atoms with Crippen molar-refractivity contribution in [2.45, 2.75) is 45.1 Å². The van der Waals surface area contributed by atoms with Crippen LogP contribution >= 0.6 is 11.6 Å². The van der Waals surface area contributed by atoms with Crippen molar-refractivity contribution < 1.29 is 5.11 Å². The highest BCUT2D eigenvalue weighted by Crippen LogP contribution is 2.28. The van der Waals surface area contributed by atoms with Crippen LogP contribution in [0.5, 0.6) is 0 Å². The lowest BCUT2D eigenvalue weighted by molar-refractivity contribution is 0.0775. The van der Waals surface area contributed by atoms with Gasteiger partial charge in [0.05, 0.1) is 16.8 Å². The molecule has 0 spiro atoms. The molecular formula is C30H30ClNO. The Kier molecular flexibility index (Phi) is 6.97. The Balaban J connectivity index is 1.47. The van der Waals surface area contributed by atoms with Crippen LogP contribution in [-0.2, 0) is 12.0 Å². The predicted molar refractivity (Wildman–Crippen MR) is 141 cm³/mol. The summed E-state index contributed by atoms with van der Waals surface area (Å²) in [7, 11) is 0. The van der Waals surface area contributed by atoms with Crippen molar-refractivity contribution in [3.8, 4) is 0 Å². The number of fused-ring (bicyclic) bond motifs is 1. The van der Waals surface area contributed by atoms with Crippen LogP contribution in [0, 0.1) is 0 Å². The maximum absolute atomic E-state index is 10.5. The van der Waals surface area contributed by atoms with Crippen LogP contribution in [0.1, 0.15) is 61.1 Å². The molecule has 1 aromatic heterocycles. The lowest BCUT2D eigenvalue weighted by Crippen LogP contribution is -2.18. The largest absolute Gasteiger partial charge is 0.386 e. The van der Waals surface area contributed by atoms with Crippen molar-refractivity contribution >= 4 is 34.7 Å². The normalized spacial score (nSPS) is 13.0. The molecule has 3 heteroatoms. The molecule has 4 aromatic rings. The number of aliphatic hydroxyl groups is 1. The van der Waals surface area contributed by atoms with Crippen molar-refractivity contribution in [1.29, 1.82) is 0 Å². The van der Waals surface area contributed by atoms with Gasteiger partial charge in [-0.25, -0.2) is 4.98 Å². The van der Waals surface area contributed by atoms with E-state index in [1.165, 1.54) is 11.1 Å². The van der Waals surface area contributed by atoms with E-state index in [9.17, 15) is 5.11 Å². The fourth-order valence-corrected chi connectivity index (χ4v) is 4.39. The smallest absolute Gasteiger partial charge is 0.0843 e. The summed E-state index contributed by atoms with van der Waals surface area (Å²) < 4.78 is 0. The molecule has 0 saturated carbocycles. The molecule has 0 amide bonds. The molecule has 0 aliphatic heterocycles. The van der Waals surface area contributed by atoms with E-state index in [2.05, 4.69) is 55.5 Å². The molecule has 0 bridgehead atoms. The summed E-state index contributed by atoms with van der Waals surface area (Å²) in [6, 6.07) is 26.8. The Morgan fingerprint density at radius 1 is 0.939 bits per heavy atom. The molecule has 168 valence electrons. The van der Waals surface area contributed by atoms with E-state index < -0.39 is 5.60 Å². The fraction of sp³-hybridized carbons (Fsp3) is 0.233. The van der Waals surface area contributed by atoms with Crippen molar-refractivity contribution in [2.75, 3.05) is 0 Å². The number of aryl methyl sites for hydroxylation is 1. The molecule has 0 radical (unpaired) electrons. The van der Waals surface area contributed by atoms with Gasteiger partial charge in [0.2, 0.25) is 0 Å². The zero-order chi connectivity index (χ0) is 23.4. The van der Waals surface area contributed by atoms with Crippen molar-refractivity contribution in [2.24, 2.45) is 0 Å². The number of hydrogen-bond donors (Lipinski definition) is 1. The minimum atomic E-state index is -0.827. The highest BCUT2D eigenvalue weighted by atomic mass is 35.5. The lowest BCUT2D eigenvalue weighted by atomic mass is 9.87. The molecule has 1 N–H and O–H groups in total. The first-order valence-electron chi connectivity index (χ1n) is 11.4. The molecule has 0 aliphatic rings. The van der Waals surface area contributed by atoms with Crippen LogP contribution in [-0.4, -0.2) is 10.1 Å². The number of rotatable bonds is 7. The van der Waals surface area contributed by atoms with Crippen LogP contribution in [0.25, 0.3) is 23.1 Å². The summed E-state index contributed by atoms with van der Waals surface area (Å²) in [5.41, 5.74) is 5.69. The van der Waals surface area contributed by atoms with Crippen LogP contribution in [0.3, 0.4) is 0 Å². The summed E-state index contributed by atoms with van der Waals surface area (Å²) in [6.45, 7) is 5.97. The molecular weight excluding hydrogens is 426 g/mol. The van der Waals surface area contributed by atoms with Crippen molar-refractivity contribution in [1.82, 2.24) is 4.98 Å². The molecule has 1 atom stereocenters. The monoisotopic (exact) mass is 455 g/mol. The Morgan fingerprint density at radius 3 is 2.55 bits per heavy atom. The van der Waals surface area contributed by atoms with E-state index >= 15 is 0 Å². The van der Waals surface area contributed by atoms with Gasteiger partial charge >= 0.3 is 0 Å². The number of pyridine rings is 1. The highest BCUT2D eigenvalue weighted by molar-refractivity contribution is 6.31. The van der Waals surface area contributed by atoms with E-state index in [0.29, 0.717) is 10.9 Å². The second kappa shape index (κ2) is 9.91. The van der Waals surface area contributed by atoms with Gasteiger partial charge in [0.1, 0.15) is 0 Å². The van der Waals surface area contributed by atoms with Gasteiger partial charge in [0, 0.05) is 10.4 Å². The van der Waals surface area contributed by atoms with Gasteiger partial charge < -0.3 is 5.11 Å². The molecule has 0 aliphatic carbocycles. The average Bonchev–Trinajstić information content (AvgIpc) is 2.80. The zero-order valence-corrected chi connectivity index (χ0v) is 20.2. The number of aromatic nitrogens is 1. The summed E-state index contributed by atoms with van der Waals surface area (Å²) in [4.78, 5) is 4.71. The molecule has 33 heavy (non-hydrogen) atoms. The summed E-state index contributed by atoms with van der Waals surface area (Å²) in [5, 5.41) is 12.3. The SMILES string of the molecule is C[C@H](CCc1ccccc1C(C)(C)O)c1cccc(/C=C/c2ccc3ccc(Cl)cc3n2)c1. The predicted octanol–water partition coefficient (Wildman–Crippen LogP) is 8.02. The summed E-state index contributed by atoms with van der Waals surface area (Å²) in [5.74, 6) is 0.411. The molecule has 4 rings (SSSR count). The molecule has 0 fully saturated rings. The van der Waals surface area contributed by atoms with E-state index in [4.69, 9.17) is 16.6 Å². The minimum absolute atomic E-state index is 0.411. The maximum Gasteiger partial charge on any atom is 0.0843 e. The second-order valence-corrected chi connectivity index (χ2v) is 9.67. The van der Waals surface area contributed by atoms with E-state index in [1.54, 1.807) is 0 Å². The van der Waals surface area contributed by atoms with E-state index in [1.807, 2.05) is 56.3 Å². The van der Waals surface area contributed by atoms with Crippen LogP contribution in [0.15, 0.2) is 78.9 Å². The summed E-state index contributed by atoms with van der Waals surface area (Å²) in [6.07, 6.45) is 6.11. The van der Waals surface area contributed by atoms with Crippen molar-refractivity contribution in [3.63, 3.8) is 0 Å². The molecule has 0 saturated heterocycles. The maximum atomic E-state index is 10.5. The third kappa shape index (κ3) is 5.90. The third-order valence-corrected chi connectivity index (χ3v) is 6.36. The van der Waals surface area contributed by atoms with Gasteiger partial charge in [-0.1, -0.05) is 85.3 Å². The molecule has 2 nitrogen and oxygen atoms in total. The zero-order valence-electron chi connectivity index (χ0n) is 19.4. The van der Waals surface area contributed by atoms with Crippen molar-refractivity contribution in [3.05, 3.63) is 112 Å². The van der Waals surface area contributed by atoms with Crippen LogP contribution in [0.4, 0.5) is 0 Å². The second-order valence-electron chi connectivity index (χ2n) is 9.23. The quantitative estimate of drug-likeness (QED) is 0.306. The summed E-state index contributed by atoms with van der Waals surface area (Å²) >= 11 is 6.12. The first-order chi connectivity index (χ1) is 15.8. The fourth-order valence-electron chi connectivity index (χ4n) is 4.22. The molecule has 0 unspecified atom stereocenters. The van der Waals surface area contributed by atoms with Gasteiger partial charge in [-0.3, -0.25) is 0 Å². The Morgan fingerprint density at radius 2 is 1.73 bits per heavy atom. The van der Waals surface area contributed by atoms with Gasteiger partial charge in [0.15, 0.2) is 0 Å². The molecule has 1 heterocycles. The number of hydrogen-bond acceptors (Lipinski definition) is 2. The van der Waals surface area contributed by atoms with E-state index in [0.717, 1.165) is 40.6 Å². The highest BCUT2D eigenvalue weighted by Gasteiger charge is 2.19. The van der Waals surface area contributed by atoms with E-state index in [-0.39, 0.29) is 0 Å². The number of nitrogens with zero attached hydrogens (tertiary/aromatic N) is 1. The first-order valence-corrected chi connectivity index (χ1v) is 11.8.